The van der Waals surface area contributed by atoms with Gasteiger partial charge in [0.1, 0.15) is 10.6 Å². The average Bonchev–Trinajstić information content (AvgIpc) is 2.94. The van der Waals surface area contributed by atoms with Crippen LogP contribution >= 0.6 is 11.3 Å². The van der Waals surface area contributed by atoms with Crippen molar-refractivity contribution >= 4 is 33.3 Å². The average molecular weight is 290 g/mol. The molecule has 1 fully saturated rings. The lowest BCUT2D eigenvalue weighted by atomic mass is 9.87. The number of nitrogens with one attached hydrogen (secondary N) is 1. The Hall–Kier alpha value is -1.36. The van der Waals surface area contributed by atoms with Gasteiger partial charge in [0.05, 0.1) is 5.39 Å². The van der Waals surface area contributed by atoms with E-state index in [4.69, 9.17) is 4.98 Å². The molecule has 0 aromatic carbocycles. The summed E-state index contributed by atoms with van der Waals surface area (Å²) in [5.74, 6) is 3.47. The van der Waals surface area contributed by atoms with Crippen molar-refractivity contribution in [3.8, 4) is 0 Å². The number of aromatic nitrogens is 2. The lowest BCUT2D eigenvalue weighted by molar-refractivity contribution is 0.311. The Morgan fingerprint density at radius 2 is 2.05 bits per heavy atom. The summed E-state index contributed by atoms with van der Waals surface area (Å²) in [6.45, 7) is 6.88. The lowest BCUT2D eigenvalue weighted by Crippen LogP contribution is -2.36. The molecule has 0 bridgehead atoms. The van der Waals surface area contributed by atoms with Crippen molar-refractivity contribution in [1.82, 2.24) is 9.97 Å². The molecule has 1 saturated heterocycles. The first-order chi connectivity index (χ1) is 9.69. The summed E-state index contributed by atoms with van der Waals surface area (Å²) < 4.78 is 0. The number of fused-ring (bicyclic) bond motifs is 1. The fourth-order valence-corrected chi connectivity index (χ4v) is 3.73. The second kappa shape index (κ2) is 5.56. The molecule has 0 aliphatic carbocycles. The minimum absolute atomic E-state index is 0.723. The first kappa shape index (κ1) is 13.6. The van der Waals surface area contributed by atoms with Gasteiger partial charge >= 0.3 is 0 Å². The van der Waals surface area contributed by atoms with E-state index in [1.54, 1.807) is 11.3 Å². The number of piperidine rings is 1. The highest BCUT2D eigenvalue weighted by molar-refractivity contribution is 7.16. The second-order valence-corrected chi connectivity index (χ2v) is 6.72. The third kappa shape index (κ3) is 2.46. The minimum atomic E-state index is 0.723. The molecule has 20 heavy (non-hydrogen) atoms. The van der Waals surface area contributed by atoms with E-state index in [1.165, 1.54) is 18.2 Å². The van der Waals surface area contributed by atoms with Crippen LogP contribution in [-0.4, -0.2) is 30.1 Å². The van der Waals surface area contributed by atoms with Crippen LogP contribution in [0, 0.1) is 11.8 Å². The SMILES string of the molecule is CNc1nc(N2CCC(C(C)C)CC2)c2ccsc2n1. The molecule has 1 aliphatic heterocycles. The zero-order valence-corrected chi connectivity index (χ0v) is 13.2. The maximum Gasteiger partial charge on any atom is 0.225 e. The smallest absolute Gasteiger partial charge is 0.225 e. The summed E-state index contributed by atoms with van der Waals surface area (Å²) in [6.07, 6.45) is 2.53. The summed E-state index contributed by atoms with van der Waals surface area (Å²) >= 11 is 1.68. The molecule has 108 valence electrons. The minimum Gasteiger partial charge on any atom is -0.357 e. The standard InChI is InChI=1S/C15H22N4S/c1-10(2)11-4-7-19(8-5-11)13-12-6-9-20-14(12)18-15(16-3)17-13/h6,9-11H,4-5,7-8H2,1-3H3,(H,16,17,18). The number of nitrogens with zero attached hydrogens (tertiary/aromatic N) is 3. The molecule has 0 atom stereocenters. The molecule has 3 rings (SSSR count). The monoisotopic (exact) mass is 290 g/mol. The maximum absolute atomic E-state index is 4.70. The number of anilines is 2. The predicted molar refractivity (Wildman–Crippen MR) is 86.7 cm³/mol. The van der Waals surface area contributed by atoms with Gasteiger partial charge < -0.3 is 10.2 Å². The van der Waals surface area contributed by atoms with Crippen LogP contribution in [0.25, 0.3) is 10.2 Å². The van der Waals surface area contributed by atoms with Gasteiger partial charge in [-0.1, -0.05) is 13.8 Å². The van der Waals surface area contributed by atoms with Crippen LogP contribution in [0.2, 0.25) is 0 Å². The van der Waals surface area contributed by atoms with Crippen molar-refractivity contribution in [3.05, 3.63) is 11.4 Å². The molecule has 1 aliphatic rings. The zero-order valence-electron chi connectivity index (χ0n) is 12.4. The topological polar surface area (TPSA) is 41.1 Å². The molecule has 5 heteroatoms. The van der Waals surface area contributed by atoms with Gasteiger partial charge in [-0.15, -0.1) is 11.3 Å². The van der Waals surface area contributed by atoms with Crippen molar-refractivity contribution in [2.75, 3.05) is 30.4 Å². The first-order valence-corrected chi connectivity index (χ1v) is 8.25. The van der Waals surface area contributed by atoms with Crippen LogP contribution in [0.15, 0.2) is 11.4 Å². The lowest BCUT2D eigenvalue weighted by Gasteiger charge is -2.34. The molecule has 4 nitrogen and oxygen atoms in total. The molecule has 0 saturated carbocycles. The molecule has 2 aromatic heterocycles. The Morgan fingerprint density at radius 1 is 1.30 bits per heavy atom. The van der Waals surface area contributed by atoms with E-state index in [1.807, 2.05) is 7.05 Å². The van der Waals surface area contributed by atoms with Crippen molar-refractivity contribution in [2.24, 2.45) is 11.8 Å². The van der Waals surface area contributed by atoms with E-state index < -0.39 is 0 Å². The summed E-state index contributed by atoms with van der Waals surface area (Å²) in [4.78, 5) is 12.7. The van der Waals surface area contributed by atoms with Gasteiger partial charge in [0.2, 0.25) is 5.95 Å². The summed E-state index contributed by atoms with van der Waals surface area (Å²) in [5.41, 5.74) is 0. The number of hydrogen-bond donors (Lipinski definition) is 1. The highest BCUT2D eigenvalue weighted by atomic mass is 32.1. The molecule has 3 heterocycles. The van der Waals surface area contributed by atoms with Gasteiger partial charge in [-0.05, 0) is 36.1 Å². The Morgan fingerprint density at radius 3 is 2.70 bits per heavy atom. The van der Waals surface area contributed by atoms with E-state index in [2.05, 4.69) is 40.5 Å². The summed E-state index contributed by atoms with van der Waals surface area (Å²) in [5, 5.41) is 6.37. The second-order valence-electron chi connectivity index (χ2n) is 5.83. The Kier molecular flexibility index (Phi) is 3.78. The number of rotatable bonds is 3. The maximum atomic E-state index is 4.70. The third-order valence-electron chi connectivity index (χ3n) is 4.31. The summed E-state index contributed by atoms with van der Waals surface area (Å²) in [7, 11) is 1.88. The van der Waals surface area contributed by atoms with Crippen LogP contribution in [0.5, 0.6) is 0 Å². The van der Waals surface area contributed by atoms with Crippen LogP contribution in [-0.2, 0) is 0 Å². The largest absolute Gasteiger partial charge is 0.357 e. The molecule has 0 radical (unpaired) electrons. The van der Waals surface area contributed by atoms with Gasteiger partial charge in [-0.25, -0.2) is 4.98 Å². The van der Waals surface area contributed by atoms with Crippen LogP contribution in [0.1, 0.15) is 26.7 Å². The van der Waals surface area contributed by atoms with Crippen molar-refractivity contribution in [2.45, 2.75) is 26.7 Å². The Balaban J connectivity index is 1.88. The third-order valence-corrected chi connectivity index (χ3v) is 5.12. The van der Waals surface area contributed by atoms with Gasteiger partial charge in [0.25, 0.3) is 0 Å². The molecular formula is C15H22N4S. The van der Waals surface area contributed by atoms with Crippen molar-refractivity contribution in [1.29, 1.82) is 0 Å². The van der Waals surface area contributed by atoms with E-state index >= 15 is 0 Å². The van der Waals surface area contributed by atoms with Crippen LogP contribution < -0.4 is 10.2 Å². The predicted octanol–water partition coefficient (Wildman–Crippen LogP) is 3.61. The van der Waals surface area contributed by atoms with Gasteiger partial charge in [0.15, 0.2) is 0 Å². The number of thiophene rings is 1. The van der Waals surface area contributed by atoms with Gasteiger partial charge in [0, 0.05) is 20.1 Å². The highest BCUT2D eigenvalue weighted by Gasteiger charge is 2.24. The normalized spacial score (nSPS) is 17.1. The van der Waals surface area contributed by atoms with E-state index in [9.17, 15) is 0 Å². The number of hydrogen-bond acceptors (Lipinski definition) is 5. The molecule has 0 unspecified atom stereocenters. The summed E-state index contributed by atoms with van der Waals surface area (Å²) in [6, 6.07) is 2.14. The molecule has 0 amide bonds. The molecule has 1 N–H and O–H groups in total. The molecular weight excluding hydrogens is 268 g/mol. The van der Waals surface area contributed by atoms with E-state index in [0.29, 0.717) is 0 Å². The van der Waals surface area contributed by atoms with Gasteiger partial charge in [-0.2, -0.15) is 4.98 Å². The Bertz CT molecular complexity index is 585. The molecule has 0 spiro atoms. The van der Waals surface area contributed by atoms with Crippen molar-refractivity contribution < 1.29 is 0 Å². The van der Waals surface area contributed by atoms with Crippen molar-refractivity contribution in [3.63, 3.8) is 0 Å². The molecule has 2 aromatic rings. The van der Waals surface area contributed by atoms with Crippen LogP contribution in [0.3, 0.4) is 0 Å². The van der Waals surface area contributed by atoms with E-state index in [-0.39, 0.29) is 0 Å². The highest BCUT2D eigenvalue weighted by Crippen LogP contribution is 2.33. The van der Waals surface area contributed by atoms with Gasteiger partial charge in [-0.3, -0.25) is 0 Å². The first-order valence-electron chi connectivity index (χ1n) is 7.37. The van der Waals surface area contributed by atoms with E-state index in [0.717, 1.165) is 41.5 Å². The zero-order chi connectivity index (χ0) is 14.1. The Labute approximate surface area is 124 Å². The fraction of sp³-hybridized carbons (Fsp3) is 0.600. The quantitative estimate of drug-likeness (QED) is 0.937. The van der Waals surface area contributed by atoms with Crippen LogP contribution in [0.4, 0.5) is 11.8 Å². The fourth-order valence-electron chi connectivity index (χ4n) is 2.97.